The number of nitrogens with one attached hydrogen (secondary N) is 1. The Labute approximate surface area is 197 Å². The lowest BCUT2D eigenvalue weighted by molar-refractivity contribution is -0.118. The number of carbonyl (C=O) groups is 1. The van der Waals surface area contributed by atoms with Crippen molar-refractivity contribution in [3.8, 4) is 12.3 Å². The van der Waals surface area contributed by atoms with E-state index in [9.17, 15) is 23.4 Å². The highest BCUT2D eigenvalue weighted by Gasteiger charge is 2.25. The van der Waals surface area contributed by atoms with E-state index in [0.29, 0.717) is 5.56 Å². The van der Waals surface area contributed by atoms with Gasteiger partial charge in [-0.1, -0.05) is 39.7 Å². The number of benzene rings is 2. The first kappa shape index (κ1) is 26.6. The van der Waals surface area contributed by atoms with Crippen molar-refractivity contribution in [3.05, 3.63) is 63.7 Å². The number of hydrogen-bond acceptors (Lipinski definition) is 5. The Hall–Kier alpha value is -2.66. The average Bonchev–Trinajstić information content (AvgIpc) is 2.71. The monoisotopic (exact) mass is 471 g/mol. The lowest BCUT2D eigenvalue weighted by Crippen LogP contribution is -2.32. The highest BCUT2D eigenvalue weighted by molar-refractivity contribution is 7.90. The van der Waals surface area contributed by atoms with Gasteiger partial charge in [-0.2, -0.15) is 0 Å². The zero-order valence-corrected chi connectivity index (χ0v) is 20.9. The van der Waals surface area contributed by atoms with Gasteiger partial charge in [0.15, 0.2) is 0 Å². The molecule has 0 unspecified atom stereocenters. The van der Waals surface area contributed by atoms with Crippen LogP contribution in [-0.2, 0) is 33.4 Å². The van der Waals surface area contributed by atoms with Crippen molar-refractivity contribution in [1.29, 1.82) is 0 Å². The third kappa shape index (κ3) is 6.23. The van der Waals surface area contributed by atoms with E-state index in [4.69, 9.17) is 6.42 Å². The number of amides is 1. The van der Waals surface area contributed by atoms with E-state index in [2.05, 4.69) is 10.6 Å². The molecule has 0 spiro atoms. The van der Waals surface area contributed by atoms with Crippen LogP contribution in [0.1, 0.15) is 86.8 Å². The first-order chi connectivity index (χ1) is 15.2. The molecule has 0 radical (unpaired) electrons. The van der Waals surface area contributed by atoms with Crippen LogP contribution in [0.25, 0.3) is 0 Å². The fourth-order valence-corrected chi connectivity index (χ4v) is 4.94. The molecule has 33 heavy (non-hydrogen) atoms. The van der Waals surface area contributed by atoms with E-state index in [1.54, 1.807) is 13.8 Å². The highest BCUT2D eigenvalue weighted by Crippen LogP contribution is 2.30. The highest BCUT2D eigenvalue weighted by atomic mass is 32.2. The Bertz CT molecular complexity index is 1150. The molecular formula is C26H33NO5S. The summed E-state index contributed by atoms with van der Waals surface area (Å²) in [5.41, 5.74) is 2.76. The van der Waals surface area contributed by atoms with Gasteiger partial charge in [-0.15, -0.1) is 6.42 Å². The van der Waals surface area contributed by atoms with Crippen LogP contribution in [0.3, 0.4) is 0 Å². The smallest absolute Gasteiger partial charge is 0.264 e. The number of aliphatic hydroxyl groups excluding tert-OH is 1. The molecule has 0 aliphatic heterocycles. The molecule has 0 saturated heterocycles. The minimum Gasteiger partial charge on any atom is -0.392 e. The number of rotatable bonds is 8. The van der Waals surface area contributed by atoms with E-state index in [1.807, 2.05) is 39.8 Å². The quantitative estimate of drug-likeness (QED) is 0.510. The maximum atomic E-state index is 12.9. The largest absolute Gasteiger partial charge is 0.392 e. The number of sulfonamides is 1. The van der Waals surface area contributed by atoms with Gasteiger partial charge in [0.2, 0.25) is 5.91 Å². The Morgan fingerprint density at radius 2 is 1.64 bits per heavy atom. The van der Waals surface area contributed by atoms with Crippen molar-refractivity contribution in [2.45, 2.75) is 76.9 Å². The third-order valence-corrected chi connectivity index (χ3v) is 6.90. The number of hydrogen-bond donors (Lipinski definition) is 3. The molecule has 2 aromatic rings. The number of carbonyl (C=O) groups excluding carboxylic acids is 1. The van der Waals surface area contributed by atoms with Crippen molar-refractivity contribution in [1.82, 2.24) is 4.72 Å². The number of aliphatic hydroxyl groups is 2. The molecule has 0 fully saturated rings. The van der Waals surface area contributed by atoms with Crippen LogP contribution < -0.4 is 4.72 Å². The maximum Gasteiger partial charge on any atom is 0.264 e. The normalized spacial score (nSPS) is 12.2. The molecule has 0 atom stereocenters. The summed E-state index contributed by atoms with van der Waals surface area (Å²) < 4.78 is 27.9. The molecule has 0 heterocycles. The van der Waals surface area contributed by atoms with Gasteiger partial charge in [0.25, 0.3) is 10.0 Å². The van der Waals surface area contributed by atoms with Gasteiger partial charge < -0.3 is 10.2 Å². The summed E-state index contributed by atoms with van der Waals surface area (Å²) in [6, 6.07) is 7.76. The molecule has 2 aromatic carbocycles. The van der Waals surface area contributed by atoms with Crippen LogP contribution >= 0.6 is 0 Å². The topological polar surface area (TPSA) is 104 Å². The van der Waals surface area contributed by atoms with Gasteiger partial charge in [-0.05, 0) is 77.8 Å². The third-order valence-electron chi connectivity index (χ3n) is 5.53. The standard InChI is InChI=1S/C26H33NO5S/c1-8-18-11-21(16(2)3)23(22(12-18)17(4)5)14-25(29)27-33(31,32)20-9-10-24(26(6,7)30)19(13-20)15-28/h1,9-13,16-17,28,30H,14-15H2,2-7H3,(H,27,29). The van der Waals surface area contributed by atoms with Gasteiger partial charge in [0, 0.05) is 5.56 Å². The van der Waals surface area contributed by atoms with Crippen LogP contribution in [0.15, 0.2) is 35.2 Å². The zero-order valence-electron chi connectivity index (χ0n) is 20.1. The number of terminal acetylenes is 1. The Morgan fingerprint density at radius 1 is 1.09 bits per heavy atom. The predicted molar refractivity (Wildman–Crippen MR) is 129 cm³/mol. The van der Waals surface area contributed by atoms with Crippen LogP contribution in [0, 0.1) is 12.3 Å². The predicted octanol–water partition coefficient (Wildman–Crippen LogP) is 3.68. The van der Waals surface area contributed by atoms with Crippen LogP contribution in [0.4, 0.5) is 0 Å². The second-order valence-electron chi connectivity index (χ2n) is 9.33. The second kappa shape index (κ2) is 10.1. The molecule has 0 saturated carbocycles. The molecule has 0 aliphatic carbocycles. The van der Waals surface area contributed by atoms with Gasteiger partial charge in [-0.3, -0.25) is 4.79 Å². The summed E-state index contributed by atoms with van der Waals surface area (Å²) in [6.07, 6.45) is 5.49. The molecule has 0 bridgehead atoms. The molecule has 1 amide bonds. The van der Waals surface area contributed by atoms with E-state index in [-0.39, 0.29) is 28.7 Å². The lowest BCUT2D eigenvalue weighted by Gasteiger charge is -2.22. The summed E-state index contributed by atoms with van der Waals surface area (Å²) in [7, 11) is -4.18. The Morgan fingerprint density at radius 3 is 2.06 bits per heavy atom. The van der Waals surface area contributed by atoms with E-state index < -0.39 is 28.1 Å². The van der Waals surface area contributed by atoms with Crippen molar-refractivity contribution < 1.29 is 23.4 Å². The molecule has 3 N–H and O–H groups in total. The summed E-state index contributed by atoms with van der Waals surface area (Å²) in [6.45, 7) is 10.6. The van der Waals surface area contributed by atoms with Crippen LogP contribution in [0.5, 0.6) is 0 Å². The molecule has 7 heteroatoms. The Kier molecular flexibility index (Phi) is 8.13. The van der Waals surface area contributed by atoms with Crippen molar-refractivity contribution in [3.63, 3.8) is 0 Å². The van der Waals surface area contributed by atoms with Gasteiger partial charge in [-0.25, -0.2) is 13.1 Å². The SMILES string of the molecule is C#Cc1cc(C(C)C)c(CC(=O)NS(=O)(=O)c2ccc(C(C)(C)O)c(CO)c2)c(C(C)C)c1. The van der Waals surface area contributed by atoms with E-state index in [1.165, 1.54) is 18.2 Å². The van der Waals surface area contributed by atoms with E-state index >= 15 is 0 Å². The van der Waals surface area contributed by atoms with Crippen LogP contribution in [-0.4, -0.2) is 24.5 Å². The van der Waals surface area contributed by atoms with Crippen molar-refractivity contribution >= 4 is 15.9 Å². The first-order valence-electron chi connectivity index (χ1n) is 10.9. The minimum absolute atomic E-state index is 0.0942. The average molecular weight is 472 g/mol. The maximum absolute atomic E-state index is 12.9. The Balaban J connectivity index is 2.41. The molecule has 6 nitrogen and oxygen atoms in total. The zero-order chi connectivity index (χ0) is 25.1. The molecule has 0 aliphatic rings. The fraction of sp³-hybridized carbons (Fsp3) is 0.423. The molecule has 178 valence electrons. The summed E-state index contributed by atoms with van der Waals surface area (Å²) in [5, 5.41) is 19.9. The van der Waals surface area contributed by atoms with Crippen molar-refractivity contribution in [2.75, 3.05) is 0 Å². The van der Waals surface area contributed by atoms with Gasteiger partial charge >= 0.3 is 0 Å². The van der Waals surface area contributed by atoms with Gasteiger partial charge in [0.05, 0.1) is 23.5 Å². The lowest BCUT2D eigenvalue weighted by atomic mass is 9.85. The first-order valence-corrected chi connectivity index (χ1v) is 12.3. The van der Waals surface area contributed by atoms with Crippen molar-refractivity contribution in [2.24, 2.45) is 0 Å². The minimum atomic E-state index is -4.18. The molecule has 2 rings (SSSR count). The second-order valence-corrected chi connectivity index (χ2v) is 11.0. The molecular weight excluding hydrogens is 438 g/mol. The van der Waals surface area contributed by atoms with Gasteiger partial charge in [0.1, 0.15) is 0 Å². The fourth-order valence-electron chi connectivity index (χ4n) is 3.91. The van der Waals surface area contributed by atoms with E-state index in [0.717, 1.165) is 22.3 Å². The molecule has 0 aromatic heterocycles. The summed E-state index contributed by atoms with van der Waals surface area (Å²) >= 11 is 0. The summed E-state index contributed by atoms with van der Waals surface area (Å²) in [5.74, 6) is 2.17. The summed E-state index contributed by atoms with van der Waals surface area (Å²) in [4.78, 5) is 12.7. The van der Waals surface area contributed by atoms with Crippen LogP contribution in [0.2, 0.25) is 0 Å².